The summed E-state index contributed by atoms with van der Waals surface area (Å²) in [5.74, 6) is 0.0000564. The average molecular weight is 292 g/mol. The molecular weight excluding hydrogens is 273 g/mol. The van der Waals surface area contributed by atoms with E-state index in [0.717, 1.165) is 12.0 Å². The minimum absolute atomic E-state index is 0.176. The van der Waals surface area contributed by atoms with Gasteiger partial charge in [-0.1, -0.05) is 54.9 Å². The molecule has 0 fully saturated rings. The number of nitrogens with one attached hydrogen (secondary N) is 1. The highest BCUT2D eigenvalue weighted by atomic mass is 35.5. The van der Waals surface area contributed by atoms with Crippen molar-refractivity contribution in [1.82, 2.24) is 5.32 Å². The van der Waals surface area contributed by atoms with Crippen LogP contribution in [0.2, 0.25) is 5.02 Å². The Morgan fingerprint density at radius 1 is 1.15 bits per heavy atom. The molecule has 0 aromatic heterocycles. The van der Waals surface area contributed by atoms with E-state index >= 15 is 0 Å². The molecule has 106 valence electrons. The summed E-state index contributed by atoms with van der Waals surface area (Å²) in [5, 5.41) is 3.52. The van der Waals surface area contributed by atoms with Crippen molar-refractivity contribution in [1.29, 1.82) is 0 Å². The number of benzene rings is 2. The van der Waals surface area contributed by atoms with E-state index < -0.39 is 0 Å². The minimum Gasteiger partial charge on any atom is -0.313 e. The molecule has 0 aliphatic heterocycles. The highest BCUT2D eigenvalue weighted by Crippen LogP contribution is 2.26. The summed E-state index contributed by atoms with van der Waals surface area (Å²) in [4.78, 5) is 0. The monoisotopic (exact) mass is 291 g/mol. The van der Waals surface area contributed by atoms with Crippen LogP contribution in [0.15, 0.2) is 48.5 Å². The molecule has 0 bridgehead atoms. The Morgan fingerprint density at radius 3 is 2.45 bits per heavy atom. The maximum atomic E-state index is 13.5. The van der Waals surface area contributed by atoms with Crippen molar-refractivity contribution >= 4 is 11.6 Å². The summed E-state index contributed by atoms with van der Waals surface area (Å²) in [6.45, 7) is 2.17. The first-order valence-electron chi connectivity index (χ1n) is 6.78. The predicted octanol–water partition coefficient (Wildman–Crippen LogP) is 4.62. The highest BCUT2D eigenvalue weighted by molar-refractivity contribution is 6.30. The quantitative estimate of drug-likeness (QED) is 0.848. The first kappa shape index (κ1) is 15.0. The third kappa shape index (κ3) is 3.59. The summed E-state index contributed by atoms with van der Waals surface area (Å²) < 4.78 is 13.5. The van der Waals surface area contributed by atoms with E-state index in [1.807, 2.05) is 31.3 Å². The summed E-state index contributed by atoms with van der Waals surface area (Å²) in [6, 6.07) is 15.6. The Kier molecular flexibility index (Phi) is 5.16. The molecule has 2 unspecified atom stereocenters. The molecule has 1 nitrogen and oxygen atoms in total. The van der Waals surface area contributed by atoms with Gasteiger partial charge in [-0.15, -0.1) is 0 Å². The van der Waals surface area contributed by atoms with Gasteiger partial charge in [-0.05, 0) is 42.6 Å². The fourth-order valence-electron chi connectivity index (χ4n) is 2.60. The van der Waals surface area contributed by atoms with E-state index in [1.165, 1.54) is 11.6 Å². The van der Waals surface area contributed by atoms with E-state index in [4.69, 9.17) is 11.6 Å². The van der Waals surface area contributed by atoms with Crippen LogP contribution in [0.5, 0.6) is 0 Å². The molecule has 0 spiro atoms. The molecule has 1 N–H and O–H groups in total. The minimum atomic E-state index is -0.350. The second-order valence-corrected chi connectivity index (χ2v) is 5.51. The first-order valence-corrected chi connectivity index (χ1v) is 7.15. The van der Waals surface area contributed by atoms with Crippen LogP contribution in [0.25, 0.3) is 0 Å². The molecule has 2 aromatic rings. The fraction of sp³-hybridized carbons (Fsp3) is 0.294. The molecule has 0 aliphatic carbocycles. The standard InChI is InChI=1S/C17H19ClFN/c1-12(10-13-8-9-15(18)16(19)11-13)17(20-2)14-6-4-3-5-7-14/h3-9,11-12,17,20H,10H2,1-2H3. The van der Waals surface area contributed by atoms with Crippen LogP contribution >= 0.6 is 11.6 Å². The van der Waals surface area contributed by atoms with Crippen molar-refractivity contribution in [2.75, 3.05) is 7.05 Å². The Balaban J connectivity index is 2.13. The van der Waals surface area contributed by atoms with Gasteiger partial charge in [0.2, 0.25) is 0 Å². The zero-order valence-corrected chi connectivity index (χ0v) is 12.5. The topological polar surface area (TPSA) is 12.0 Å². The van der Waals surface area contributed by atoms with Gasteiger partial charge in [-0.25, -0.2) is 4.39 Å². The van der Waals surface area contributed by atoms with E-state index in [9.17, 15) is 4.39 Å². The molecule has 2 rings (SSSR count). The molecule has 2 atom stereocenters. The molecule has 20 heavy (non-hydrogen) atoms. The maximum Gasteiger partial charge on any atom is 0.142 e. The van der Waals surface area contributed by atoms with Crippen molar-refractivity contribution in [3.63, 3.8) is 0 Å². The second-order valence-electron chi connectivity index (χ2n) is 5.11. The Bertz CT molecular complexity index is 556. The van der Waals surface area contributed by atoms with Crippen molar-refractivity contribution in [2.24, 2.45) is 5.92 Å². The van der Waals surface area contributed by atoms with Gasteiger partial charge in [0, 0.05) is 6.04 Å². The lowest BCUT2D eigenvalue weighted by Crippen LogP contribution is -2.24. The maximum absolute atomic E-state index is 13.5. The van der Waals surface area contributed by atoms with Gasteiger partial charge in [-0.3, -0.25) is 0 Å². The molecular formula is C17H19ClFN. The lowest BCUT2D eigenvalue weighted by atomic mass is 9.89. The molecule has 2 aromatic carbocycles. The van der Waals surface area contributed by atoms with Crippen molar-refractivity contribution < 1.29 is 4.39 Å². The molecule has 3 heteroatoms. The summed E-state index contributed by atoms with van der Waals surface area (Å²) >= 11 is 5.72. The van der Waals surface area contributed by atoms with Crippen LogP contribution in [0, 0.1) is 11.7 Å². The molecule has 0 heterocycles. The van der Waals surface area contributed by atoms with Gasteiger partial charge in [0.1, 0.15) is 5.82 Å². The van der Waals surface area contributed by atoms with E-state index in [1.54, 1.807) is 6.07 Å². The fourth-order valence-corrected chi connectivity index (χ4v) is 2.71. The summed E-state index contributed by atoms with van der Waals surface area (Å²) in [6.07, 6.45) is 0.800. The molecule has 0 radical (unpaired) electrons. The van der Waals surface area contributed by atoms with Crippen LogP contribution in [-0.4, -0.2) is 7.05 Å². The smallest absolute Gasteiger partial charge is 0.142 e. The highest BCUT2D eigenvalue weighted by Gasteiger charge is 2.18. The zero-order chi connectivity index (χ0) is 14.5. The van der Waals surface area contributed by atoms with Crippen molar-refractivity contribution in [3.05, 3.63) is 70.5 Å². The van der Waals surface area contributed by atoms with Gasteiger partial charge >= 0.3 is 0 Å². The number of hydrogen-bond acceptors (Lipinski definition) is 1. The van der Waals surface area contributed by atoms with Crippen molar-refractivity contribution in [2.45, 2.75) is 19.4 Å². The summed E-state index contributed by atoms with van der Waals surface area (Å²) in [5.41, 5.74) is 2.22. The summed E-state index contributed by atoms with van der Waals surface area (Å²) in [7, 11) is 1.95. The van der Waals surface area contributed by atoms with E-state index in [2.05, 4.69) is 24.4 Å². The van der Waals surface area contributed by atoms with Crippen molar-refractivity contribution in [3.8, 4) is 0 Å². The lowest BCUT2D eigenvalue weighted by Gasteiger charge is -2.24. The van der Waals surface area contributed by atoms with Gasteiger partial charge in [0.25, 0.3) is 0 Å². The van der Waals surface area contributed by atoms with E-state index in [-0.39, 0.29) is 16.9 Å². The number of rotatable bonds is 5. The predicted molar refractivity (Wildman–Crippen MR) is 82.5 cm³/mol. The Hall–Kier alpha value is -1.38. The lowest BCUT2D eigenvalue weighted by molar-refractivity contribution is 0.408. The van der Waals surface area contributed by atoms with Crippen LogP contribution in [0.4, 0.5) is 4.39 Å². The Labute approximate surface area is 124 Å². The van der Waals surface area contributed by atoms with Crippen LogP contribution in [-0.2, 0) is 6.42 Å². The third-order valence-electron chi connectivity index (χ3n) is 3.58. The number of hydrogen-bond donors (Lipinski definition) is 1. The third-order valence-corrected chi connectivity index (χ3v) is 3.89. The molecule has 0 amide bonds. The normalized spacial score (nSPS) is 14.0. The second kappa shape index (κ2) is 6.87. The first-order chi connectivity index (χ1) is 9.61. The van der Waals surface area contributed by atoms with Crippen LogP contribution in [0.3, 0.4) is 0 Å². The van der Waals surface area contributed by atoms with Gasteiger partial charge < -0.3 is 5.32 Å². The van der Waals surface area contributed by atoms with Crippen LogP contribution < -0.4 is 5.32 Å². The SMILES string of the molecule is CNC(c1ccccc1)C(C)Cc1ccc(Cl)c(F)c1. The van der Waals surface area contributed by atoms with E-state index in [0.29, 0.717) is 5.92 Å². The molecule has 0 aliphatic rings. The van der Waals surface area contributed by atoms with Crippen LogP contribution in [0.1, 0.15) is 24.1 Å². The zero-order valence-electron chi connectivity index (χ0n) is 11.7. The Morgan fingerprint density at radius 2 is 1.85 bits per heavy atom. The van der Waals surface area contributed by atoms with Gasteiger partial charge in [0.15, 0.2) is 0 Å². The number of halogens is 2. The average Bonchev–Trinajstić information content (AvgIpc) is 2.45. The van der Waals surface area contributed by atoms with Gasteiger partial charge in [0.05, 0.1) is 5.02 Å². The molecule has 0 saturated carbocycles. The van der Waals surface area contributed by atoms with Gasteiger partial charge in [-0.2, -0.15) is 0 Å². The largest absolute Gasteiger partial charge is 0.313 e. The molecule has 0 saturated heterocycles.